The summed E-state index contributed by atoms with van der Waals surface area (Å²) in [6, 6.07) is -0.570. The molecular weight excluding hydrogens is 282 g/mol. The number of rotatable bonds is 5. The molecule has 7 nitrogen and oxygen atoms in total. The lowest BCUT2D eigenvalue weighted by Crippen LogP contribution is -3.16. The van der Waals surface area contributed by atoms with Gasteiger partial charge in [-0.2, -0.15) is 0 Å². The van der Waals surface area contributed by atoms with Crippen LogP contribution in [0.5, 0.6) is 0 Å². The molecule has 0 aromatic carbocycles. The van der Waals surface area contributed by atoms with Crippen molar-refractivity contribution in [2.75, 3.05) is 26.0 Å². The van der Waals surface area contributed by atoms with Crippen molar-refractivity contribution in [3.63, 3.8) is 0 Å². The molecule has 2 fully saturated rings. The Morgan fingerprint density at radius 2 is 2.35 bits per heavy atom. The van der Waals surface area contributed by atoms with Gasteiger partial charge in [0.25, 0.3) is 0 Å². The normalized spacial score (nSPS) is 39.7. The molecule has 0 amide bonds. The van der Waals surface area contributed by atoms with Gasteiger partial charge in [0.2, 0.25) is 0 Å². The van der Waals surface area contributed by atoms with Crippen LogP contribution in [0.15, 0.2) is 0 Å². The second kappa shape index (κ2) is 7.17. The Hall–Kier alpha value is -0.220. The van der Waals surface area contributed by atoms with E-state index in [1.807, 2.05) is 0 Å². The molecule has 5 N–H and O–H groups in total. The van der Waals surface area contributed by atoms with Crippen LogP contribution in [0, 0.1) is 11.1 Å². The molecule has 1 heterocycles. The molecule has 1 saturated heterocycles. The maximum absolute atomic E-state index is 12.3. The lowest BCUT2D eigenvalue weighted by Gasteiger charge is -2.36. The minimum absolute atomic E-state index is 0.0236. The maximum Gasteiger partial charge on any atom is 0.190 e. The standard InChI is InChI=1S/C12H23N3O4S/c1-19-11-3-2-8(6-9(11)15(17)18)10(16)7-14-4-5-20-12(14)13/h8-9,11-12,15,17H,2-7,13H2,1H3/p+1. The average Bonchev–Trinajstić information content (AvgIpc) is 2.83. The number of thioether (sulfide) groups is 1. The van der Waals surface area contributed by atoms with Crippen molar-refractivity contribution in [2.24, 2.45) is 11.7 Å². The number of hydrogen-bond acceptors (Lipinski definition) is 6. The fourth-order valence-electron chi connectivity index (χ4n) is 3.11. The Bertz CT molecular complexity index is 345. The minimum Gasteiger partial charge on any atom is -0.600 e. The van der Waals surface area contributed by atoms with Gasteiger partial charge in [0, 0.05) is 25.2 Å². The van der Waals surface area contributed by atoms with Crippen LogP contribution >= 0.6 is 11.8 Å². The number of ether oxygens (including phenoxy) is 1. The van der Waals surface area contributed by atoms with Crippen LogP contribution in [0.3, 0.4) is 0 Å². The highest BCUT2D eigenvalue weighted by molar-refractivity contribution is 7.99. The zero-order valence-electron chi connectivity index (χ0n) is 11.7. The summed E-state index contributed by atoms with van der Waals surface area (Å²) in [6.45, 7) is 1.33. The summed E-state index contributed by atoms with van der Waals surface area (Å²) in [4.78, 5) is 13.5. The highest BCUT2D eigenvalue weighted by Crippen LogP contribution is 2.25. The van der Waals surface area contributed by atoms with E-state index in [-0.39, 0.29) is 23.3 Å². The number of methoxy groups -OCH3 is 1. The smallest absolute Gasteiger partial charge is 0.190 e. The van der Waals surface area contributed by atoms with E-state index < -0.39 is 11.3 Å². The molecule has 1 aliphatic heterocycles. The van der Waals surface area contributed by atoms with E-state index in [1.165, 1.54) is 7.11 Å². The fourth-order valence-corrected chi connectivity index (χ4v) is 4.18. The van der Waals surface area contributed by atoms with Gasteiger partial charge in [0.15, 0.2) is 11.3 Å². The highest BCUT2D eigenvalue weighted by Gasteiger charge is 2.39. The van der Waals surface area contributed by atoms with Crippen molar-refractivity contribution in [3.8, 4) is 0 Å². The summed E-state index contributed by atoms with van der Waals surface area (Å²) in [5.41, 5.74) is 5.91. The van der Waals surface area contributed by atoms with Gasteiger partial charge < -0.3 is 14.8 Å². The lowest BCUT2D eigenvalue weighted by molar-refractivity contribution is -1.07. The minimum atomic E-state index is -0.866. The molecular formula is C12H24N3O4S+. The molecule has 8 heteroatoms. The largest absolute Gasteiger partial charge is 0.600 e. The van der Waals surface area contributed by atoms with Gasteiger partial charge in [-0.1, -0.05) is 11.8 Å². The first-order chi connectivity index (χ1) is 9.52. The van der Waals surface area contributed by atoms with Crippen molar-refractivity contribution in [1.29, 1.82) is 0 Å². The van der Waals surface area contributed by atoms with Crippen LogP contribution in [0.2, 0.25) is 0 Å². The average molecular weight is 306 g/mol. The van der Waals surface area contributed by atoms with Crippen molar-refractivity contribution < 1.29 is 24.9 Å². The summed E-state index contributed by atoms with van der Waals surface area (Å²) < 4.78 is 5.22. The van der Waals surface area contributed by atoms with Gasteiger partial charge in [-0.05, 0) is 12.8 Å². The van der Waals surface area contributed by atoms with E-state index in [0.29, 0.717) is 19.4 Å². The first-order valence-corrected chi connectivity index (χ1v) is 8.08. The summed E-state index contributed by atoms with van der Waals surface area (Å²) in [7, 11) is 1.54. The van der Waals surface area contributed by atoms with Gasteiger partial charge in [-0.3, -0.25) is 10.5 Å². The summed E-state index contributed by atoms with van der Waals surface area (Å²) >= 11 is 1.68. The molecule has 1 aliphatic carbocycles. The number of nitrogens with two attached hydrogens (primary N) is 1. The molecule has 116 valence electrons. The lowest BCUT2D eigenvalue weighted by atomic mass is 9.81. The number of carbonyl (C=O) groups excluding carboxylic acids is 1. The van der Waals surface area contributed by atoms with Crippen LogP contribution in [-0.2, 0) is 9.53 Å². The van der Waals surface area contributed by atoms with E-state index in [9.17, 15) is 15.2 Å². The molecule has 20 heavy (non-hydrogen) atoms. The number of hydroxylamine groups is 2. The predicted octanol–water partition coefficient (Wildman–Crippen LogP) is -2.61. The molecule has 0 spiro atoms. The van der Waals surface area contributed by atoms with E-state index >= 15 is 0 Å². The third kappa shape index (κ3) is 3.70. The van der Waals surface area contributed by atoms with E-state index in [2.05, 4.69) is 0 Å². The van der Waals surface area contributed by atoms with Crippen molar-refractivity contribution in [2.45, 2.75) is 36.9 Å². The van der Waals surface area contributed by atoms with Gasteiger partial charge in [0.1, 0.15) is 18.7 Å². The van der Waals surface area contributed by atoms with Crippen LogP contribution in [0.25, 0.3) is 0 Å². The Labute approximate surface area is 122 Å². The predicted molar refractivity (Wildman–Crippen MR) is 74.2 cm³/mol. The van der Waals surface area contributed by atoms with Crippen molar-refractivity contribution in [1.82, 2.24) is 0 Å². The molecule has 1 saturated carbocycles. The Morgan fingerprint density at radius 3 is 2.90 bits per heavy atom. The Balaban J connectivity index is 1.90. The number of carbonyl (C=O) groups is 1. The zero-order valence-corrected chi connectivity index (χ0v) is 12.5. The van der Waals surface area contributed by atoms with Gasteiger partial charge >= 0.3 is 0 Å². The number of quaternary nitrogens is 2. The van der Waals surface area contributed by atoms with E-state index in [0.717, 1.165) is 23.6 Å². The number of ketones is 1. The van der Waals surface area contributed by atoms with E-state index in [4.69, 9.17) is 10.5 Å². The molecule has 2 rings (SSSR count). The number of hydrogen-bond donors (Lipinski definition) is 4. The Kier molecular flexibility index (Phi) is 5.79. The third-order valence-corrected chi connectivity index (χ3v) is 5.52. The Morgan fingerprint density at radius 1 is 1.60 bits per heavy atom. The van der Waals surface area contributed by atoms with Crippen molar-refractivity contribution in [3.05, 3.63) is 5.21 Å². The zero-order chi connectivity index (χ0) is 14.7. The molecule has 0 radical (unpaired) electrons. The summed E-state index contributed by atoms with van der Waals surface area (Å²) in [5.74, 6) is 0.976. The van der Waals surface area contributed by atoms with Crippen LogP contribution in [-0.4, -0.2) is 54.6 Å². The molecule has 6 unspecified atom stereocenters. The van der Waals surface area contributed by atoms with Crippen molar-refractivity contribution >= 4 is 17.5 Å². The van der Waals surface area contributed by atoms with Crippen LogP contribution in [0.1, 0.15) is 19.3 Å². The van der Waals surface area contributed by atoms with Gasteiger partial charge in [-0.25, -0.2) is 10.4 Å². The van der Waals surface area contributed by atoms with Gasteiger partial charge in [-0.15, -0.1) is 0 Å². The van der Waals surface area contributed by atoms with Crippen LogP contribution < -0.4 is 15.9 Å². The fraction of sp³-hybridized carbons (Fsp3) is 0.917. The van der Waals surface area contributed by atoms with Gasteiger partial charge in [0.05, 0.1) is 6.54 Å². The van der Waals surface area contributed by atoms with Crippen LogP contribution in [0.4, 0.5) is 0 Å². The molecule has 0 bridgehead atoms. The summed E-state index contributed by atoms with van der Waals surface area (Å²) in [5, 5.41) is 19.6. The third-order valence-electron chi connectivity index (χ3n) is 4.39. The molecule has 6 atom stereocenters. The second-order valence-corrected chi connectivity index (χ2v) is 6.82. The topological polar surface area (TPSA) is 104 Å². The van der Waals surface area contributed by atoms with E-state index in [1.54, 1.807) is 11.8 Å². The monoisotopic (exact) mass is 306 g/mol. The highest BCUT2D eigenvalue weighted by atomic mass is 32.2. The number of nitrogens with one attached hydrogen (secondary N) is 2. The molecule has 0 aromatic rings. The second-order valence-electron chi connectivity index (χ2n) is 5.57. The summed E-state index contributed by atoms with van der Waals surface area (Å²) in [6.07, 6.45) is 1.48. The maximum atomic E-state index is 12.3. The SMILES string of the molecule is COC1CCC(C(=O)C[NH+]2CCSC2N)CC1[NH+]([O-])O. The molecule has 2 aliphatic rings. The quantitative estimate of drug-likeness (QED) is 0.415. The first kappa shape index (κ1) is 16.2. The molecule has 0 aromatic heterocycles. The first-order valence-electron chi connectivity index (χ1n) is 7.03. The number of Topliss-reactive ketones (excluding diaryl/α,β-unsaturated/α-hetero) is 1.